The van der Waals surface area contributed by atoms with Crippen LogP contribution in [0.1, 0.15) is 122 Å². The van der Waals surface area contributed by atoms with Crippen LogP contribution < -0.4 is 0 Å². The molecule has 0 aliphatic heterocycles. The van der Waals surface area contributed by atoms with Gasteiger partial charge in [-0.2, -0.15) is 0 Å². The maximum absolute atomic E-state index is 10.5. The Morgan fingerprint density at radius 3 is 1.46 bits per heavy atom. The molecule has 0 fully saturated rings. The standard InChI is InChI=1S/C33H52O2/c1-4-24-32(2,29-18-9-5-10-19-29)25-15-7-13-22-31(35)23-14-8-16-26-33(3,27-17-28-34)30-20-11-6-12-21-30/h5-6,9-12,18-21,31,34-35H,4,7-8,13-17,22-28H2,1-3H3. The molecule has 0 saturated heterocycles. The lowest BCUT2D eigenvalue weighted by atomic mass is 9.74. The summed E-state index contributed by atoms with van der Waals surface area (Å²) in [5.74, 6) is 0. The van der Waals surface area contributed by atoms with Crippen molar-refractivity contribution in [1.82, 2.24) is 0 Å². The fraction of sp³-hybridized carbons (Fsp3) is 0.636. The van der Waals surface area contributed by atoms with Gasteiger partial charge in [0.1, 0.15) is 0 Å². The van der Waals surface area contributed by atoms with Crippen molar-refractivity contribution in [3.05, 3.63) is 71.8 Å². The minimum Gasteiger partial charge on any atom is -0.396 e. The molecule has 0 amide bonds. The van der Waals surface area contributed by atoms with Gasteiger partial charge in [0.2, 0.25) is 0 Å². The molecular formula is C33H52O2. The maximum atomic E-state index is 10.5. The predicted molar refractivity (Wildman–Crippen MR) is 151 cm³/mol. The van der Waals surface area contributed by atoms with Crippen molar-refractivity contribution >= 4 is 0 Å². The Labute approximate surface area is 216 Å². The van der Waals surface area contributed by atoms with Crippen molar-refractivity contribution in [2.45, 2.75) is 128 Å². The molecule has 0 aliphatic rings. The molecule has 2 aromatic carbocycles. The minimum atomic E-state index is -0.152. The molecular weight excluding hydrogens is 428 g/mol. The van der Waals surface area contributed by atoms with E-state index >= 15 is 0 Å². The first kappa shape index (κ1) is 29.6. The largest absolute Gasteiger partial charge is 0.396 e. The number of aliphatic hydroxyl groups is 2. The monoisotopic (exact) mass is 480 g/mol. The van der Waals surface area contributed by atoms with Crippen molar-refractivity contribution < 1.29 is 10.2 Å². The zero-order chi connectivity index (χ0) is 25.4. The van der Waals surface area contributed by atoms with Crippen molar-refractivity contribution in [3.8, 4) is 0 Å². The van der Waals surface area contributed by atoms with E-state index in [4.69, 9.17) is 0 Å². The average molecular weight is 481 g/mol. The molecule has 0 bridgehead atoms. The van der Waals surface area contributed by atoms with Crippen LogP contribution in [0.5, 0.6) is 0 Å². The van der Waals surface area contributed by atoms with E-state index in [2.05, 4.69) is 81.4 Å². The first-order chi connectivity index (χ1) is 16.9. The number of unbranched alkanes of at least 4 members (excludes halogenated alkanes) is 4. The summed E-state index contributed by atoms with van der Waals surface area (Å²) in [5, 5.41) is 19.8. The van der Waals surface area contributed by atoms with Gasteiger partial charge in [0.15, 0.2) is 0 Å². The van der Waals surface area contributed by atoms with Crippen LogP contribution >= 0.6 is 0 Å². The lowest BCUT2D eigenvalue weighted by Gasteiger charge is -2.30. The van der Waals surface area contributed by atoms with E-state index < -0.39 is 0 Å². The van der Waals surface area contributed by atoms with Crippen LogP contribution in [0.15, 0.2) is 60.7 Å². The highest BCUT2D eigenvalue weighted by atomic mass is 16.3. The molecule has 0 saturated carbocycles. The quantitative estimate of drug-likeness (QED) is 0.197. The lowest BCUT2D eigenvalue weighted by molar-refractivity contribution is 0.146. The van der Waals surface area contributed by atoms with Crippen LogP contribution in [0.25, 0.3) is 0 Å². The van der Waals surface area contributed by atoms with Gasteiger partial charge in [-0.05, 0) is 66.9 Å². The summed E-state index contributed by atoms with van der Waals surface area (Å²) >= 11 is 0. The van der Waals surface area contributed by atoms with Crippen LogP contribution in [0.2, 0.25) is 0 Å². The molecule has 0 aromatic heterocycles. The Hall–Kier alpha value is -1.64. The molecule has 0 heterocycles. The molecule has 2 rings (SSSR count). The molecule has 2 N–H and O–H groups in total. The van der Waals surface area contributed by atoms with E-state index in [0.29, 0.717) is 0 Å². The Morgan fingerprint density at radius 1 is 0.600 bits per heavy atom. The van der Waals surface area contributed by atoms with Crippen molar-refractivity contribution in [2.24, 2.45) is 0 Å². The second-order valence-electron chi connectivity index (χ2n) is 11.3. The van der Waals surface area contributed by atoms with E-state index in [0.717, 1.165) is 44.9 Å². The minimum absolute atomic E-state index is 0.134. The third-order valence-corrected chi connectivity index (χ3v) is 8.16. The molecule has 2 aromatic rings. The maximum Gasteiger partial charge on any atom is 0.0540 e. The first-order valence-corrected chi connectivity index (χ1v) is 14.3. The molecule has 196 valence electrons. The zero-order valence-electron chi connectivity index (χ0n) is 22.9. The average Bonchev–Trinajstić information content (AvgIpc) is 2.88. The number of hydrogen-bond acceptors (Lipinski definition) is 2. The van der Waals surface area contributed by atoms with Crippen molar-refractivity contribution in [3.63, 3.8) is 0 Å². The Morgan fingerprint density at radius 2 is 1.03 bits per heavy atom. The van der Waals surface area contributed by atoms with E-state index in [-0.39, 0.29) is 23.5 Å². The van der Waals surface area contributed by atoms with Crippen molar-refractivity contribution in [2.75, 3.05) is 6.61 Å². The topological polar surface area (TPSA) is 40.5 Å². The van der Waals surface area contributed by atoms with Crippen LogP contribution in [-0.4, -0.2) is 22.9 Å². The number of benzene rings is 2. The number of rotatable bonds is 19. The van der Waals surface area contributed by atoms with E-state index in [1.165, 1.54) is 56.1 Å². The van der Waals surface area contributed by atoms with Gasteiger partial charge in [-0.25, -0.2) is 0 Å². The molecule has 0 spiro atoms. The van der Waals surface area contributed by atoms with Gasteiger partial charge in [-0.15, -0.1) is 0 Å². The van der Waals surface area contributed by atoms with Gasteiger partial charge in [0.05, 0.1) is 6.10 Å². The van der Waals surface area contributed by atoms with E-state index in [1.54, 1.807) is 0 Å². The highest BCUT2D eigenvalue weighted by Crippen LogP contribution is 2.35. The first-order valence-electron chi connectivity index (χ1n) is 14.3. The third kappa shape index (κ3) is 10.5. The summed E-state index contributed by atoms with van der Waals surface area (Å²) in [6.45, 7) is 7.32. The summed E-state index contributed by atoms with van der Waals surface area (Å²) in [6.07, 6.45) is 15.5. The summed E-state index contributed by atoms with van der Waals surface area (Å²) in [7, 11) is 0. The smallest absolute Gasteiger partial charge is 0.0540 e. The van der Waals surface area contributed by atoms with Gasteiger partial charge in [-0.1, -0.05) is 126 Å². The molecule has 3 unspecified atom stereocenters. The van der Waals surface area contributed by atoms with Crippen LogP contribution in [0.4, 0.5) is 0 Å². The van der Waals surface area contributed by atoms with Crippen LogP contribution in [0, 0.1) is 0 Å². The second kappa shape index (κ2) is 16.2. The zero-order valence-corrected chi connectivity index (χ0v) is 22.9. The Balaban J connectivity index is 1.62. The van der Waals surface area contributed by atoms with Gasteiger partial charge in [0, 0.05) is 6.61 Å². The highest BCUT2D eigenvalue weighted by molar-refractivity contribution is 5.25. The molecule has 3 atom stereocenters. The van der Waals surface area contributed by atoms with Gasteiger partial charge < -0.3 is 10.2 Å². The van der Waals surface area contributed by atoms with E-state index in [1.807, 2.05) is 0 Å². The predicted octanol–water partition coefficient (Wildman–Crippen LogP) is 8.74. The highest BCUT2D eigenvalue weighted by Gasteiger charge is 2.26. The Kier molecular flexibility index (Phi) is 13.7. The lowest BCUT2D eigenvalue weighted by Crippen LogP contribution is -2.22. The van der Waals surface area contributed by atoms with Crippen LogP contribution in [-0.2, 0) is 10.8 Å². The summed E-state index contributed by atoms with van der Waals surface area (Å²) in [5.41, 5.74) is 3.27. The Bertz CT molecular complexity index is 774. The van der Waals surface area contributed by atoms with Crippen LogP contribution in [0.3, 0.4) is 0 Å². The fourth-order valence-corrected chi connectivity index (χ4v) is 5.82. The second-order valence-corrected chi connectivity index (χ2v) is 11.3. The molecule has 0 aliphatic carbocycles. The fourth-order valence-electron chi connectivity index (χ4n) is 5.82. The van der Waals surface area contributed by atoms with Gasteiger partial charge in [0.25, 0.3) is 0 Å². The molecule has 2 heteroatoms. The number of hydrogen-bond donors (Lipinski definition) is 2. The summed E-state index contributed by atoms with van der Waals surface area (Å²) in [4.78, 5) is 0. The molecule has 2 nitrogen and oxygen atoms in total. The van der Waals surface area contributed by atoms with Gasteiger partial charge in [-0.3, -0.25) is 0 Å². The molecule has 0 radical (unpaired) electrons. The number of aliphatic hydroxyl groups excluding tert-OH is 2. The molecule has 35 heavy (non-hydrogen) atoms. The summed E-state index contributed by atoms with van der Waals surface area (Å²) < 4.78 is 0. The SMILES string of the molecule is CCCC(C)(CCCCCC(O)CCCCCC(C)(CCCO)c1ccccc1)c1ccccc1. The summed E-state index contributed by atoms with van der Waals surface area (Å²) in [6, 6.07) is 21.8. The van der Waals surface area contributed by atoms with Crippen molar-refractivity contribution in [1.29, 1.82) is 0 Å². The normalized spacial score (nSPS) is 15.9. The van der Waals surface area contributed by atoms with Gasteiger partial charge >= 0.3 is 0 Å². The third-order valence-electron chi connectivity index (χ3n) is 8.16. The van der Waals surface area contributed by atoms with E-state index in [9.17, 15) is 10.2 Å².